The van der Waals surface area contributed by atoms with Gasteiger partial charge in [-0.3, -0.25) is 4.79 Å². The van der Waals surface area contributed by atoms with E-state index in [1.165, 1.54) is 10.8 Å². The summed E-state index contributed by atoms with van der Waals surface area (Å²) in [5.74, 6) is -2.13. The number of aromatic nitrogens is 2. The van der Waals surface area contributed by atoms with E-state index in [0.717, 1.165) is 19.0 Å². The van der Waals surface area contributed by atoms with Crippen molar-refractivity contribution in [3.05, 3.63) is 39.2 Å². The number of carboxylic acid groups (broad SMARTS) is 1. The van der Waals surface area contributed by atoms with E-state index in [1.807, 2.05) is 0 Å². The third kappa shape index (κ3) is 1.79. The fraction of sp³-hybridized carbons (Fsp3) is 0.250. The van der Waals surface area contributed by atoms with Gasteiger partial charge in [-0.2, -0.15) is 0 Å². The quantitative estimate of drug-likeness (QED) is 0.857. The van der Waals surface area contributed by atoms with Crippen LogP contribution < -0.4 is 5.43 Å². The van der Waals surface area contributed by atoms with Gasteiger partial charge in [0, 0.05) is 18.4 Å². The molecule has 0 aromatic carbocycles. The zero-order chi connectivity index (χ0) is 13.7. The van der Waals surface area contributed by atoms with Crippen molar-refractivity contribution in [2.24, 2.45) is 0 Å². The molecule has 5 nitrogen and oxygen atoms in total. The van der Waals surface area contributed by atoms with E-state index in [9.17, 15) is 14.0 Å². The van der Waals surface area contributed by atoms with Gasteiger partial charge in [0.2, 0.25) is 5.43 Å². The fourth-order valence-corrected chi connectivity index (χ4v) is 2.21. The maximum absolute atomic E-state index is 14.1. The third-order valence-corrected chi connectivity index (χ3v) is 3.40. The molecule has 0 bridgehead atoms. The normalized spacial score (nSPS) is 14.8. The molecule has 2 aromatic rings. The molecule has 2 aromatic heterocycles. The fourth-order valence-electron chi connectivity index (χ4n) is 2.07. The number of hydrogen-bond donors (Lipinski definition) is 1. The molecule has 0 unspecified atom stereocenters. The first-order valence-corrected chi connectivity index (χ1v) is 6.00. The molecular formula is C12H8ClFN2O3. The summed E-state index contributed by atoms with van der Waals surface area (Å²) in [6.45, 7) is 0. The monoisotopic (exact) mass is 282 g/mol. The van der Waals surface area contributed by atoms with Crippen LogP contribution >= 0.6 is 11.6 Å². The van der Waals surface area contributed by atoms with Gasteiger partial charge in [0.25, 0.3) is 0 Å². The van der Waals surface area contributed by atoms with Crippen LogP contribution in [0.5, 0.6) is 0 Å². The summed E-state index contributed by atoms with van der Waals surface area (Å²) >= 11 is 5.62. The highest BCUT2D eigenvalue weighted by molar-refractivity contribution is 6.30. The Hall–Kier alpha value is -1.95. The lowest BCUT2D eigenvalue weighted by Gasteiger charge is -2.12. The molecular weight excluding hydrogens is 275 g/mol. The number of aromatic carboxylic acids is 1. The number of fused-ring (bicyclic) bond motifs is 1. The SMILES string of the molecule is O=C(O)c1cn(C2CC2)c2c(F)c(Cl)ncc2c1=O. The van der Waals surface area contributed by atoms with Crippen molar-refractivity contribution in [3.8, 4) is 0 Å². The Morgan fingerprint density at radius 2 is 2.21 bits per heavy atom. The lowest BCUT2D eigenvalue weighted by Crippen LogP contribution is -2.19. The summed E-state index contributed by atoms with van der Waals surface area (Å²) in [5, 5.41) is 8.63. The molecule has 2 heterocycles. The van der Waals surface area contributed by atoms with Crippen molar-refractivity contribution in [1.82, 2.24) is 9.55 Å². The van der Waals surface area contributed by atoms with Crippen molar-refractivity contribution >= 4 is 28.5 Å². The van der Waals surface area contributed by atoms with Crippen LogP contribution in [-0.2, 0) is 0 Å². The molecule has 3 rings (SSSR count). The second-order valence-electron chi connectivity index (χ2n) is 4.44. The maximum Gasteiger partial charge on any atom is 0.341 e. The molecule has 0 aliphatic heterocycles. The van der Waals surface area contributed by atoms with Crippen molar-refractivity contribution < 1.29 is 14.3 Å². The number of hydrogen-bond acceptors (Lipinski definition) is 3. The molecule has 1 N–H and O–H groups in total. The second-order valence-corrected chi connectivity index (χ2v) is 4.80. The van der Waals surface area contributed by atoms with Crippen LogP contribution in [0.4, 0.5) is 4.39 Å². The molecule has 19 heavy (non-hydrogen) atoms. The van der Waals surface area contributed by atoms with Gasteiger partial charge in [-0.15, -0.1) is 0 Å². The number of nitrogens with zero attached hydrogens (tertiary/aromatic N) is 2. The number of carboxylic acids is 1. The Kier molecular flexibility index (Phi) is 2.56. The zero-order valence-electron chi connectivity index (χ0n) is 9.56. The van der Waals surface area contributed by atoms with Crippen LogP contribution in [0, 0.1) is 5.82 Å². The van der Waals surface area contributed by atoms with Crippen LogP contribution in [0.2, 0.25) is 5.15 Å². The Morgan fingerprint density at radius 1 is 1.53 bits per heavy atom. The summed E-state index contributed by atoms with van der Waals surface area (Å²) in [4.78, 5) is 26.6. The van der Waals surface area contributed by atoms with Crippen LogP contribution in [-0.4, -0.2) is 20.6 Å². The summed E-state index contributed by atoms with van der Waals surface area (Å²) in [7, 11) is 0. The smallest absolute Gasteiger partial charge is 0.341 e. The van der Waals surface area contributed by atoms with Gasteiger partial charge in [-0.1, -0.05) is 11.6 Å². The molecule has 0 atom stereocenters. The number of carbonyl (C=O) groups is 1. The van der Waals surface area contributed by atoms with Gasteiger partial charge in [-0.05, 0) is 12.8 Å². The van der Waals surface area contributed by atoms with Crippen molar-refractivity contribution in [3.63, 3.8) is 0 Å². The highest BCUT2D eigenvalue weighted by atomic mass is 35.5. The summed E-state index contributed by atoms with van der Waals surface area (Å²) in [5.41, 5.74) is -1.11. The molecule has 98 valence electrons. The van der Waals surface area contributed by atoms with Gasteiger partial charge in [-0.25, -0.2) is 14.2 Å². The highest BCUT2D eigenvalue weighted by Crippen LogP contribution is 2.37. The Bertz CT molecular complexity index is 768. The van der Waals surface area contributed by atoms with E-state index in [4.69, 9.17) is 16.7 Å². The minimum Gasteiger partial charge on any atom is -0.477 e. The molecule has 1 aliphatic rings. The lowest BCUT2D eigenvalue weighted by molar-refractivity contribution is 0.0695. The van der Waals surface area contributed by atoms with Crippen LogP contribution in [0.3, 0.4) is 0 Å². The predicted octanol–water partition coefficient (Wildman–Crippen LogP) is 2.22. The molecule has 0 radical (unpaired) electrons. The average Bonchev–Trinajstić information content (AvgIpc) is 3.18. The van der Waals surface area contributed by atoms with Crippen LogP contribution in [0.1, 0.15) is 29.2 Å². The molecule has 0 spiro atoms. The largest absolute Gasteiger partial charge is 0.477 e. The summed E-state index contributed by atoms with van der Waals surface area (Å²) < 4.78 is 15.5. The van der Waals surface area contributed by atoms with Gasteiger partial charge in [0.05, 0.1) is 10.9 Å². The minimum absolute atomic E-state index is 0.00849. The van der Waals surface area contributed by atoms with E-state index in [0.29, 0.717) is 0 Å². The summed E-state index contributed by atoms with van der Waals surface area (Å²) in [6.07, 6.45) is 3.94. The molecule has 1 aliphatic carbocycles. The Morgan fingerprint density at radius 3 is 2.79 bits per heavy atom. The van der Waals surface area contributed by atoms with Gasteiger partial charge < -0.3 is 9.67 Å². The Balaban J connectivity index is 2.49. The molecule has 1 saturated carbocycles. The van der Waals surface area contributed by atoms with Gasteiger partial charge in [0.1, 0.15) is 5.56 Å². The van der Waals surface area contributed by atoms with Crippen molar-refractivity contribution in [2.45, 2.75) is 18.9 Å². The first kappa shape index (κ1) is 12.1. The van der Waals surface area contributed by atoms with E-state index in [2.05, 4.69) is 4.98 Å². The second kappa shape index (κ2) is 4.03. The van der Waals surface area contributed by atoms with E-state index in [1.54, 1.807) is 0 Å². The first-order valence-electron chi connectivity index (χ1n) is 5.63. The van der Waals surface area contributed by atoms with E-state index >= 15 is 0 Å². The third-order valence-electron chi connectivity index (χ3n) is 3.14. The molecule has 0 amide bonds. The average molecular weight is 283 g/mol. The zero-order valence-corrected chi connectivity index (χ0v) is 10.3. The maximum atomic E-state index is 14.1. The Labute approximate surface area is 111 Å². The van der Waals surface area contributed by atoms with E-state index in [-0.39, 0.29) is 27.7 Å². The molecule has 0 saturated heterocycles. The lowest BCUT2D eigenvalue weighted by atomic mass is 10.1. The number of rotatable bonds is 2. The number of pyridine rings is 2. The highest BCUT2D eigenvalue weighted by Gasteiger charge is 2.28. The summed E-state index contributed by atoms with van der Waals surface area (Å²) in [6, 6.07) is 0.00849. The first-order chi connectivity index (χ1) is 9.00. The van der Waals surface area contributed by atoms with Gasteiger partial charge in [0.15, 0.2) is 11.0 Å². The van der Waals surface area contributed by atoms with Crippen molar-refractivity contribution in [2.75, 3.05) is 0 Å². The standard InChI is InChI=1S/C12H8ClFN2O3/c13-11-8(14)9-6(3-15-11)10(17)7(12(18)19)4-16(9)5-1-2-5/h3-5H,1-2H2,(H,18,19). The minimum atomic E-state index is -1.34. The predicted molar refractivity (Wildman–Crippen MR) is 66.2 cm³/mol. The van der Waals surface area contributed by atoms with Crippen LogP contribution in [0.15, 0.2) is 17.2 Å². The van der Waals surface area contributed by atoms with Crippen molar-refractivity contribution in [1.29, 1.82) is 0 Å². The van der Waals surface area contributed by atoms with E-state index < -0.39 is 17.2 Å². The topological polar surface area (TPSA) is 72.2 Å². The number of halogens is 2. The molecule has 1 fully saturated rings. The van der Waals surface area contributed by atoms with Gasteiger partial charge >= 0.3 is 5.97 Å². The molecule has 7 heteroatoms. The van der Waals surface area contributed by atoms with Crippen LogP contribution in [0.25, 0.3) is 10.9 Å².